The van der Waals surface area contributed by atoms with E-state index >= 15 is 0 Å². The molecule has 0 spiro atoms. The van der Waals surface area contributed by atoms with E-state index in [0.29, 0.717) is 0 Å². The first-order valence-corrected chi connectivity index (χ1v) is 11.5. The molecule has 0 fully saturated rings. The Bertz CT molecular complexity index is 498. The molecule has 0 saturated carbocycles. The molecule has 0 amide bonds. The van der Waals surface area contributed by atoms with Crippen molar-refractivity contribution in [2.75, 3.05) is 0 Å². The topological polar surface area (TPSA) is 0 Å². The fraction of sp³-hybridized carbons (Fsp3) is 0.692. The molecule has 1 aliphatic rings. The summed E-state index contributed by atoms with van der Waals surface area (Å²) >= 11 is 0. The molecule has 0 radical (unpaired) electrons. The maximum atomic E-state index is 2.66. The lowest BCUT2D eigenvalue weighted by Gasteiger charge is -2.30. The first-order valence-electron chi connectivity index (χ1n) is 11.5. The summed E-state index contributed by atoms with van der Waals surface area (Å²) < 4.78 is 0. The highest BCUT2D eigenvalue weighted by atomic mass is 14.3. The molecule has 0 nitrogen and oxygen atoms in total. The standard InChI is InChI=1S/C26H42/c1-4-6-8-13-22(3)24-18-20-26(21-19-24)25(12-5-2)17-11-16-23-14-9-7-10-15-23/h7,9-10,14-15,20,22,24-25H,4-6,8,11-13,16-19,21H2,1-3H3. The van der Waals surface area contributed by atoms with Crippen LogP contribution in [0.5, 0.6) is 0 Å². The van der Waals surface area contributed by atoms with Crippen molar-refractivity contribution in [3.05, 3.63) is 47.5 Å². The van der Waals surface area contributed by atoms with Crippen LogP contribution in [-0.4, -0.2) is 0 Å². The Morgan fingerprint density at radius 2 is 1.73 bits per heavy atom. The summed E-state index contributed by atoms with van der Waals surface area (Å²) in [6.45, 7) is 7.17. The average Bonchev–Trinajstić information content (AvgIpc) is 2.68. The van der Waals surface area contributed by atoms with Crippen molar-refractivity contribution >= 4 is 0 Å². The minimum atomic E-state index is 0.847. The van der Waals surface area contributed by atoms with Crippen molar-refractivity contribution in [1.82, 2.24) is 0 Å². The van der Waals surface area contributed by atoms with E-state index in [2.05, 4.69) is 57.2 Å². The number of unbranched alkanes of at least 4 members (excludes halogenated alkanes) is 2. The molecule has 0 heterocycles. The molecule has 146 valence electrons. The van der Waals surface area contributed by atoms with Crippen LogP contribution in [0.4, 0.5) is 0 Å². The smallest absolute Gasteiger partial charge is 0.0203 e. The van der Waals surface area contributed by atoms with Crippen molar-refractivity contribution in [3.63, 3.8) is 0 Å². The molecule has 0 N–H and O–H groups in total. The molecule has 2 rings (SSSR count). The Balaban J connectivity index is 1.79. The predicted molar refractivity (Wildman–Crippen MR) is 117 cm³/mol. The third-order valence-electron chi connectivity index (χ3n) is 6.58. The van der Waals surface area contributed by atoms with Gasteiger partial charge >= 0.3 is 0 Å². The highest BCUT2D eigenvalue weighted by Gasteiger charge is 2.23. The fourth-order valence-corrected chi connectivity index (χ4v) is 4.78. The summed E-state index contributed by atoms with van der Waals surface area (Å²) in [6.07, 6.45) is 19.1. The van der Waals surface area contributed by atoms with Crippen LogP contribution in [-0.2, 0) is 6.42 Å². The van der Waals surface area contributed by atoms with Gasteiger partial charge in [0, 0.05) is 0 Å². The van der Waals surface area contributed by atoms with Crippen LogP contribution in [0, 0.1) is 17.8 Å². The van der Waals surface area contributed by atoms with Crippen molar-refractivity contribution in [3.8, 4) is 0 Å². The molecular weight excluding hydrogens is 312 g/mol. The third-order valence-corrected chi connectivity index (χ3v) is 6.58. The van der Waals surface area contributed by atoms with E-state index in [1.165, 1.54) is 82.6 Å². The van der Waals surface area contributed by atoms with Gasteiger partial charge in [-0.25, -0.2) is 0 Å². The van der Waals surface area contributed by atoms with E-state index in [-0.39, 0.29) is 0 Å². The molecule has 3 unspecified atom stereocenters. The first-order chi connectivity index (χ1) is 12.7. The van der Waals surface area contributed by atoms with E-state index in [9.17, 15) is 0 Å². The van der Waals surface area contributed by atoms with Crippen molar-refractivity contribution in [2.45, 2.75) is 97.8 Å². The highest BCUT2D eigenvalue weighted by Crippen LogP contribution is 2.37. The summed E-state index contributed by atoms with van der Waals surface area (Å²) in [5.74, 6) is 2.71. The van der Waals surface area contributed by atoms with Gasteiger partial charge in [-0.05, 0) is 68.3 Å². The van der Waals surface area contributed by atoms with E-state index in [1.807, 2.05) is 0 Å². The molecule has 1 aromatic rings. The number of hydrogen-bond acceptors (Lipinski definition) is 0. The Labute approximate surface area is 163 Å². The number of allylic oxidation sites excluding steroid dienone is 2. The Hall–Kier alpha value is -1.04. The number of hydrogen-bond donors (Lipinski definition) is 0. The molecule has 0 heteroatoms. The van der Waals surface area contributed by atoms with Crippen LogP contribution >= 0.6 is 0 Å². The fourth-order valence-electron chi connectivity index (χ4n) is 4.78. The molecule has 1 aliphatic carbocycles. The minimum absolute atomic E-state index is 0.847. The summed E-state index contributed by atoms with van der Waals surface area (Å²) in [6, 6.07) is 11.0. The van der Waals surface area contributed by atoms with Gasteiger partial charge in [-0.1, -0.05) is 94.9 Å². The lowest BCUT2D eigenvalue weighted by atomic mass is 9.75. The van der Waals surface area contributed by atoms with Crippen LogP contribution in [0.25, 0.3) is 0 Å². The van der Waals surface area contributed by atoms with Crippen molar-refractivity contribution < 1.29 is 0 Å². The second-order valence-electron chi connectivity index (χ2n) is 8.65. The highest BCUT2D eigenvalue weighted by molar-refractivity contribution is 5.15. The normalized spacial score (nSPS) is 19.8. The largest absolute Gasteiger partial charge is 0.0848 e. The van der Waals surface area contributed by atoms with E-state index in [0.717, 1.165) is 17.8 Å². The van der Waals surface area contributed by atoms with E-state index in [1.54, 1.807) is 5.57 Å². The SMILES string of the molecule is CCCCCC(C)C1CC=C(C(CCC)CCCc2ccccc2)CC1. The van der Waals surface area contributed by atoms with Gasteiger partial charge in [0.1, 0.15) is 0 Å². The monoisotopic (exact) mass is 354 g/mol. The Kier molecular flexibility index (Phi) is 10.1. The average molecular weight is 355 g/mol. The number of benzene rings is 1. The zero-order chi connectivity index (χ0) is 18.6. The lowest BCUT2D eigenvalue weighted by Crippen LogP contribution is -2.17. The van der Waals surface area contributed by atoms with E-state index in [4.69, 9.17) is 0 Å². The van der Waals surface area contributed by atoms with Crippen LogP contribution in [0.2, 0.25) is 0 Å². The van der Waals surface area contributed by atoms with Gasteiger partial charge in [0.25, 0.3) is 0 Å². The predicted octanol–water partition coefficient (Wildman–Crippen LogP) is 8.37. The maximum Gasteiger partial charge on any atom is -0.0203 e. The molecule has 0 bridgehead atoms. The van der Waals surface area contributed by atoms with Gasteiger partial charge in [-0.2, -0.15) is 0 Å². The van der Waals surface area contributed by atoms with Gasteiger partial charge in [-0.15, -0.1) is 0 Å². The van der Waals surface area contributed by atoms with Crippen LogP contribution < -0.4 is 0 Å². The molecule has 26 heavy (non-hydrogen) atoms. The number of rotatable bonds is 12. The van der Waals surface area contributed by atoms with Crippen molar-refractivity contribution in [1.29, 1.82) is 0 Å². The molecule has 0 aliphatic heterocycles. The molecule has 1 aromatic carbocycles. The minimum Gasteiger partial charge on any atom is -0.0848 e. The van der Waals surface area contributed by atoms with Crippen LogP contribution in [0.1, 0.15) is 97.0 Å². The number of aryl methyl sites for hydroxylation is 1. The quantitative estimate of drug-likeness (QED) is 0.261. The van der Waals surface area contributed by atoms with E-state index < -0.39 is 0 Å². The molecular formula is C26H42. The van der Waals surface area contributed by atoms with Crippen LogP contribution in [0.3, 0.4) is 0 Å². The summed E-state index contributed by atoms with van der Waals surface area (Å²) in [7, 11) is 0. The van der Waals surface area contributed by atoms with Crippen LogP contribution in [0.15, 0.2) is 42.0 Å². The summed E-state index contributed by atoms with van der Waals surface area (Å²) in [5, 5.41) is 0. The summed E-state index contributed by atoms with van der Waals surface area (Å²) in [4.78, 5) is 0. The van der Waals surface area contributed by atoms with Gasteiger partial charge in [0.15, 0.2) is 0 Å². The zero-order valence-corrected chi connectivity index (χ0v) is 17.7. The lowest BCUT2D eigenvalue weighted by molar-refractivity contribution is 0.293. The Morgan fingerprint density at radius 1 is 0.923 bits per heavy atom. The molecule has 0 saturated heterocycles. The van der Waals surface area contributed by atoms with Gasteiger partial charge in [-0.3, -0.25) is 0 Å². The first kappa shape index (κ1) is 21.3. The van der Waals surface area contributed by atoms with Gasteiger partial charge in [0.05, 0.1) is 0 Å². The van der Waals surface area contributed by atoms with Gasteiger partial charge in [0.2, 0.25) is 0 Å². The van der Waals surface area contributed by atoms with Crippen molar-refractivity contribution in [2.24, 2.45) is 17.8 Å². The van der Waals surface area contributed by atoms with Gasteiger partial charge < -0.3 is 0 Å². The molecule has 3 atom stereocenters. The maximum absolute atomic E-state index is 2.66. The second kappa shape index (κ2) is 12.4. The molecule has 0 aromatic heterocycles. The second-order valence-corrected chi connectivity index (χ2v) is 8.65. The zero-order valence-electron chi connectivity index (χ0n) is 17.7. The summed E-state index contributed by atoms with van der Waals surface area (Å²) in [5.41, 5.74) is 3.30. The Morgan fingerprint density at radius 3 is 2.38 bits per heavy atom. The third kappa shape index (κ3) is 7.29.